The van der Waals surface area contributed by atoms with Gasteiger partial charge in [0, 0.05) is 31.3 Å². The normalized spacial score (nSPS) is 11.4. The molecule has 0 bridgehead atoms. The highest BCUT2D eigenvalue weighted by Crippen LogP contribution is 2.32. The molecule has 0 saturated heterocycles. The molecule has 0 aliphatic heterocycles. The summed E-state index contributed by atoms with van der Waals surface area (Å²) in [6.07, 6.45) is 0. The molecule has 0 aliphatic carbocycles. The van der Waals surface area contributed by atoms with Crippen molar-refractivity contribution in [3.8, 4) is 16.9 Å². The number of amides is 1. The minimum Gasteiger partial charge on any atom is -0.495 e. The van der Waals surface area contributed by atoms with Crippen LogP contribution in [0.4, 0.5) is 14.5 Å². The Labute approximate surface area is 179 Å². The fourth-order valence-corrected chi connectivity index (χ4v) is 4.02. The number of sulfonamides is 1. The quantitative estimate of drug-likeness (QED) is 0.618. The van der Waals surface area contributed by atoms with Gasteiger partial charge in [-0.1, -0.05) is 30.3 Å². The molecule has 0 fully saturated rings. The summed E-state index contributed by atoms with van der Waals surface area (Å²) in [6.45, 7) is 0. The van der Waals surface area contributed by atoms with Crippen LogP contribution in [-0.2, 0) is 10.0 Å². The number of ether oxygens (including phenoxy) is 1. The van der Waals surface area contributed by atoms with E-state index in [0.717, 1.165) is 16.4 Å². The number of nitrogens with zero attached hydrogens (tertiary/aromatic N) is 1. The number of hydrogen-bond donors (Lipinski definition) is 1. The summed E-state index contributed by atoms with van der Waals surface area (Å²) < 4.78 is 59.7. The Bertz CT molecular complexity index is 1230. The summed E-state index contributed by atoms with van der Waals surface area (Å²) in [4.78, 5) is 12.7. The van der Waals surface area contributed by atoms with Crippen molar-refractivity contribution in [2.24, 2.45) is 0 Å². The summed E-state index contributed by atoms with van der Waals surface area (Å²) in [5, 5.41) is 2.44. The van der Waals surface area contributed by atoms with E-state index in [0.29, 0.717) is 11.6 Å². The van der Waals surface area contributed by atoms with E-state index in [-0.39, 0.29) is 27.5 Å². The first-order valence-corrected chi connectivity index (χ1v) is 10.6. The molecule has 31 heavy (non-hydrogen) atoms. The summed E-state index contributed by atoms with van der Waals surface area (Å²) >= 11 is 0. The van der Waals surface area contributed by atoms with Gasteiger partial charge in [0.25, 0.3) is 5.91 Å². The van der Waals surface area contributed by atoms with Crippen LogP contribution in [0.3, 0.4) is 0 Å². The van der Waals surface area contributed by atoms with Gasteiger partial charge in [0.05, 0.1) is 12.8 Å². The molecule has 0 radical (unpaired) electrons. The van der Waals surface area contributed by atoms with E-state index >= 15 is 0 Å². The lowest BCUT2D eigenvalue weighted by molar-refractivity contribution is 0.102. The average molecular weight is 446 g/mol. The van der Waals surface area contributed by atoms with Crippen LogP contribution in [-0.4, -0.2) is 39.8 Å². The van der Waals surface area contributed by atoms with Crippen LogP contribution in [0.1, 0.15) is 10.4 Å². The molecule has 3 aromatic carbocycles. The number of carbonyl (C=O) groups excluding carboxylic acids is 1. The minimum atomic E-state index is -3.91. The Morgan fingerprint density at radius 2 is 1.68 bits per heavy atom. The molecule has 0 heterocycles. The number of benzene rings is 3. The molecular formula is C22H20F2N2O4S. The van der Waals surface area contributed by atoms with Crippen molar-refractivity contribution in [2.75, 3.05) is 26.5 Å². The molecule has 0 aliphatic rings. The number of nitrogens with one attached hydrogen (secondary N) is 1. The van der Waals surface area contributed by atoms with Crippen LogP contribution in [0.25, 0.3) is 11.1 Å². The zero-order chi connectivity index (χ0) is 22.8. The Balaban J connectivity index is 2.05. The van der Waals surface area contributed by atoms with Gasteiger partial charge >= 0.3 is 0 Å². The predicted octanol–water partition coefficient (Wildman–Crippen LogP) is 4.14. The molecule has 0 aromatic heterocycles. The first kappa shape index (κ1) is 22.4. The molecule has 6 nitrogen and oxygen atoms in total. The van der Waals surface area contributed by atoms with Gasteiger partial charge in [-0.15, -0.1) is 0 Å². The zero-order valence-corrected chi connectivity index (χ0v) is 17.8. The Morgan fingerprint density at radius 3 is 2.29 bits per heavy atom. The van der Waals surface area contributed by atoms with Crippen LogP contribution in [0.5, 0.6) is 5.75 Å². The molecule has 0 unspecified atom stereocenters. The van der Waals surface area contributed by atoms with Crippen molar-refractivity contribution in [1.29, 1.82) is 0 Å². The maximum Gasteiger partial charge on any atom is 0.255 e. The fourth-order valence-electron chi connectivity index (χ4n) is 2.95. The van der Waals surface area contributed by atoms with Crippen LogP contribution in [0, 0.1) is 11.6 Å². The lowest BCUT2D eigenvalue weighted by Crippen LogP contribution is -2.23. The summed E-state index contributed by atoms with van der Waals surface area (Å²) in [7, 11) is 0.0980. The number of rotatable bonds is 6. The summed E-state index contributed by atoms with van der Waals surface area (Å²) in [6, 6.07) is 14.1. The average Bonchev–Trinajstić information content (AvgIpc) is 2.75. The second kappa shape index (κ2) is 8.83. The SMILES string of the molecule is COc1ccc(C(=O)Nc2c(F)cc(F)cc2-c2ccccc2)cc1S(=O)(=O)N(C)C. The van der Waals surface area contributed by atoms with Crippen molar-refractivity contribution >= 4 is 21.6 Å². The van der Waals surface area contributed by atoms with E-state index in [1.54, 1.807) is 30.3 Å². The van der Waals surface area contributed by atoms with Crippen molar-refractivity contribution in [2.45, 2.75) is 4.90 Å². The van der Waals surface area contributed by atoms with Crippen LogP contribution in [0.2, 0.25) is 0 Å². The Morgan fingerprint density at radius 1 is 1.00 bits per heavy atom. The summed E-state index contributed by atoms with van der Waals surface area (Å²) in [5.74, 6) is -2.45. The third kappa shape index (κ3) is 4.57. The number of anilines is 1. The van der Waals surface area contributed by atoms with Gasteiger partial charge in [0.1, 0.15) is 22.3 Å². The molecule has 0 saturated carbocycles. The molecule has 9 heteroatoms. The fraction of sp³-hybridized carbons (Fsp3) is 0.136. The third-order valence-corrected chi connectivity index (χ3v) is 6.40. The molecule has 3 aromatic rings. The Hall–Kier alpha value is -3.30. The maximum absolute atomic E-state index is 14.6. The zero-order valence-electron chi connectivity index (χ0n) is 17.0. The molecule has 3 rings (SSSR count). The largest absolute Gasteiger partial charge is 0.495 e. The Kier molecular flexibility index (Phi) is 6.37. The molecule has 1 N–H and O–H groups in total. The second-order valence-electron chi connectivity index (χ2n) is 6.78. The first-order chi connectivity index (χ1) is 14.6. The molecule has 1 amide bonds. The van der Waals surface area contributed by atoms with E-state index in [9.17, 15) is 22.0 Å². The second-order valence-corrected chi connectivity index (χ2v) is 8.90. The monoisotopic (exact) mass is 446 g/mol. The van der Waals surface area contributed by atoms with Crippen LogP contribution >= 0.6 is 0 Å². The van der Waals surface area contributed by atoms with Gasteiger partial charge in [-0.05, 0) is 29.8 Å². The van der Waals surface area contributed by atoms with Gasteiger partial charge in [-0.3, -0.25) is 4.79 Å². The van der Waals surface area contributed by atoms with Crippen molar-refractivity contribution in [3.63, 3.8) is 0 Å². The smallest absolute Gasteiger partial charge is 0.255 e. The maximum atomic E-state index is 14.6. The van der Waals surface area contributed by atoms with Gasteiger partial charge in [0.15, 0.2) is 0 Å². The lowest BCUT2D eigenvalue weighted by atomic mass is 10.0. The van der Waals surface area contributed by atoms with Gasteiger partial charge < -0.3 is 10.1 Å². The van der Waals surface area contributed by atoms with Crippen molar-refractivity contribution in [3.05, 3.63) is 77.9 Å². The topological polar surface area (TPSA) is 75.7 Å². The van der Waals surface area contributed by atoms with Gasteiger partial charge in [-0.25, -0.2) is 21.5 Å². The number of carbonyl (C=O) groups is 1. The van der Waals surface area contributed by atoms with Gasteiger partial charge in [-0.2, -0.15) is 0 Å². The van der Waals surface area contributed by atoms with Crippen LogP contribution in [0.15, 0.2) is 65.6 Å². The number of hydrogen-bond acceptors (Lipinski definition) is 4. The minimum absolute atomic E-state index is 0.0380. The highest BCUT2D eigenvalue weighted by molar-refractivity contribution is 7.89. The van der Waals surface area contributed by atoms with E-state index in [1.807, 2.05) is 0 Å². The molecular weight excluding hydrogens is 426 g/mol. The van der Waals surface area contributed by atoms with Crippen molar-refractivity contribution < 1.29 is 26.7 Å². The predicted molar refractivity (Wildman–Crippen MR) is 114 cm³/mol. The van der Waals surface area contributed by atoms with Crippen molar-refractivity contribution in [1.82, 2.24) is 4.31 Å². The highest BCUT2D eigenvalue weighted by atomic mass is 32.2. The summed E-state index contributed by atoms with van der Waals surface area (Å²) in [5.41, 5.74) is 0.400. The molecule has 0 atom stereocenters. The number of halogens is 2. The first-order valence-electron chi connectivity index (χ1n) is 9.11. The van der Waals surface area contributed by atoms with E-state index in [1.165, 1.54) is 33.3 Å². The van der Waals surface area contributed by atoms with E-state index in [2.05, 4.69) is 5.32 Å². The molecule has 162 valence electrons. The highest BCUT2D eigenvalue weighted by Gasteiger charge is 2.24. The van der Waals surface area contributed by atoms with E-state index in [4.69, 9.17) is 4.74 Å². The standard InChI is InChI=1S/C22H20F2N2O4S/c1-26(2)31(28,29)20-11-15(9-10-19(20)30-3)22(27)25-21-17(12-16(23)13-18(21)24)14-7-5-4-6-8-14/h4-13H,1-3H3,(H,25,27). The molecule has 0 spiro atoms. The third-order valence-electron chi connectivity index (χ3n) is 4.56. The van der Waals surface area contributed by atoms with Crippen LogP contribution < -0.4 is 10.1 Å². The van der Waals surface area contributed by atoms with Gasteiger partial charge in [0.2, 0.25) is 10.0 Å². The van der Waals surface area contributed by atoms with E-state index < -0.39 is 27.6 Å². The lowest BCUT2D eigenvalue weighted by Gasteiger charge is -2.16. The number of methoxy groups -OCH3 is 1.